The first-order valence-corrected chi connectivity index (χ1v) is 10.5. The van der Waals surface area contributed by atoms with Crippen molar-refractivity contribution in [2.75, 3.05) is 32.8 Å². The number of amides is 1. The molecule has 2 rings (SSSR count). The molecule has 0 aromatic heterocycles. The molecule has 0 saturated carbocycles. The summed E-state index contributed by atoms with van der Waals surface area (Å²) in [6.07, 6.45) is 1.24. The zero-order valence-electron chi connectivity index (χ0n) is 15.9. The average Bonchev–Trinajstić information content (AvgIpc) is 2.67. The molecule has 1 saturated heterocycles. The smallest absolute Gasteiger partial charge is 0.243 e. The van der Waals surface area contributed by atoms with Gasteiger partial charge in [-0.2, -0.15) is 4.31 Å². The fourth-order valence-electron chi connectivity index (χ4n) is 3.15. The first-order chi connectivity index (χ1) is 12.4. The van der Waals surface area contributed by atoms with E-state index >= 15 is 0 Å². The Hall–Kier alpha value is -1.19. The van der Waals surface area contributed by atoms with Gasteiger partial charge < -0.3 is 15.8 Å². The van der Waals surface area contributed by atoms with Gasteiger partial charge in [0.15, 0.2) is 0 Å². The largest absolute Gasteiger partial charge is 0.381 e. The molecule has 154 valence electrons. The van der Waals surface area contributed by atoms with Crippen molar-refractivity contribution in [1.29, 1.82) is 0 Å². The molecule has 1 aromatic rings. The highest BCUT2D eigenvalue weighted by atomic mass is 35.5. The summed E-state index contributed by atoms with van der Waals surface area (Å²) in [6.45, 7) is 6.22. The maximum atomic E-state index is 12.6. The zero-order chi connectivity index (χ0) is 19.2. The Bertz CT molecular complexity index is 700. The van der Waals surface area contributed by atoms with Crippen LogP contribution in [0.15, 0.2) is 29.2 Å². The minimum atomic E-state index is -3.46. The number of carbonyl (C=O) groups excluding carboxylic acids is 1. The van der Waals surface area contributed by atoms with Gasteiger partial charge in [-0.1, -0.05) is 26.0 Å². The molecule has 1 aliphatic heterocycles. The van der Waals surface area contributed by atoms with E-state index < -0.39 is 15.4 Å². The van der Waals surface area contributed by atoms with Gasteiger partial charge in [-0.15, -0.1) is 12.4 Å². The van der Waals surface area contributed by atoms with E-state index in [2.05, 4.69) is 5.32 Å². The summed E-state index contributed by atoms with van der Waals surface area (Å²) in [6, 6.07) is 6.64. The van der Waals surface area contributed by atoms with Gasteiger partial charge in [-0.05, 0) is 30.5 Å². The van der Waals surface area contributed by atoms with Gasteiger partial charge in [0.05, 0.1) is 10.3 Å². The van der Waals surface area contributed by atoms with Gasteiger partial charge in [0.2, 0.25) is 15.9 Å². The SMILES string of the molecule is CCN(CC)S(=O)(=O)c1ccc(CNC(=O)C2(CN)CCOCC2)cc1.Cl. The van der Waals surface area contributed by atoms with Crippen LogP contribution in [0.2, 0.25) is 0 Å². The summed E-state index contributed by atoms with van der Waals surface area (Å²) < 4.78 is 31.7. The lowest BCUT2D eigenvalue weighted by atomic mass is 9.79. The van der Waals surface area contributed by atoms with E-state index in [1.54, 1.807) is 24.3 Å². The van der Waals surface area contributed by atoms with Crippen LogP contribution in [0.5, 0.6) is 0 Å². The highest BCUT2D eigenvalue weighted by molar-refractivity contribution is 7.89. The molecule has 1 heterocycles. The molecule has 0 radical (unpaired) electrons. The summed E-state index contributed by atoms with van der Waals surface area (Å²) in [5, 5.41) is 2.93. The summed E-state index contributed by atoms with van der Waals surface area (Å²) >= 11 is 0. The number of rotatable bonds is 8. The monoisotopic (exact) mass is 419 g/mol. The Balaban J connectivity index is 0.00000364. The molecular formula is C18H30ClN3O4S. The molecule has 1 aliphatic rings. The molecule has 3 N–H and O–H groups in total. The third kappa shape index (κ3) is 5.42. The minimum absolute atomic E-state index is 0. The first kappa shape index (κ1) is 23.8. The lowest BCUT2D eigenvalue weighted by Crippen LogP contribution is -2.48. The number of nitrogens with two attached hydrogens (primary N) is 1. The molecule has 27 heavy (non-hydrogen) atoms. The maximum absolute atomic E-state index is 12.6. The third-order valence-corrected chi connectivity index (χ3v) is 7.11. The van der Waals surface area contributed by atoms with Crippen LogP contribution in [0.4, 0.5) is 0 Å². The van der Waals surface area contributed by atoms with E-state index in [-0.39, 0.29) is 23.2 Å². The van der Waals surface area contributed by atoms with Crippen LogP contribution in [0.3, 0.4) is 0 Å². The van der Waals surface area contributed by atoms with Crippen LogP contribution >= 0.6 is 12.4 Å². The number of benzene rings is 1. The minimum Gasteiger partial charge on any atom is -0.381 e. The van der Waals surface area contributed by atoms with Crippen LogP contribution in [-0.2, 0) is 26.1 Å². The van der Waals surface area contributed by atoms with Crippen molar-refractivity contribution in [2.45, 2.75) is 38.1 Å². The second-order valence-corrected chi connectivity index (χ2v) is 8.45. The molecule has 1 aromatic carbocycles. The summed E-state index contributed by atoms with van der Waals surface area (Å²) in [5.41, 5.74) is 6.12. The topological polar surface area (TPSA) is 102 Å². The van der Waals surface area contributed by atoms with Gasteiger partial charge in [0.1, 0.15) is 0 Å². The van der Waals surface area contributed by atoms with Gasteiger partial charge in [-0.3, -0.25) is 4.79 Å². The molecule has 0 unspecified atom stereocenters. The second kappa shape index (κ2) is 10.4. The zero-order valence-corrected chi connectivity index (χ0v) is 17.6. The normalized spacial score (nSPS) is 16.6. The predicted molar refractivity (Wildman–Crippen MR) is 107 cm³/mol. The average molecular weight is 420 g/mol. The molecule has 0 aliphatic carbocycles. The number of hydrogen-bond donors (Lipinski definition) is 2. The predicted octanol–water partition coefficient (Wildman–Crippen LogP) is 1.51. The number of ether oxygens (including phenoxy) is 1. The van der Waals surface area contributed by atoms with Crippen LogP contribution in [0, 0.1) is 5.41 Å². The molecule has 1 amide bonds. The molecule has 0 spiro atoms. The Morgan fingerprint density at radius 2 is 1.74 bits per heavy atom. The quantitative estimate of drug-likeness (QED) is 0.665. The fraction of sp³-hybridized carbons (Fsp3) is 0.611. The van der Waals surface area contributed by atoms with Crippen molar-refractivity contribution in [1.82, 2.24) is 9.62 Å². The number of hydrogen-bond acceptors (Lipinski definition) is 5. The molecular weight excluding hydrogens is 390 g/mol. The van der Waals surface area contributed by atoms with E-state index in [4.69, 9.17) is 10.5 Å². The molecule has 0 bridgehead atoms. The van der Waals surface area contributed by atoms with Crippen molar-refractivity contribution in [3.63, 3.8) is 0 Å². The van der Waals surface area contributed by atoms with Gasteiger partial charge in [0, 0.05) is 39.4 Å². The Labute approximate surface area is 168 Å². The molecule has 7 nitrogen and oxygen atoms in total. The van der Waals surface area contributed by atoms with Crippen molar-refractivity contribution in [3.05, 3.63) is 29.8 Å². The molecule has 1 fully saturated rings. The number of carbonyl (C=O) groups is 1. The second-order valence-electron chi connectivity index (χ2n) is 6.51. The van der Waals surface area contributed by atoms with Crippen molar-refractivity contribution in [3.8, 4) is 0 Å². The van der Waals surface area contributed by atoms with Crippen LogP contribution < -0.4 is 11.1 Å². The fourth-order valence-corrected chi connectivity index (χ4v) is 4.61. The van der Waals surface area contributed by atoms with E-state index in [9.17, 15) is 13.2 Å². The van der Waals surface area contributed by atoms with E-state index in [1.165, 1.54) is 4.31 Å². The van der Waals surface area contributed by atoms with E-state index in [1.807, 2.05) is 13.8 Å². The standard InChI is InChI=1S/C18H29N3O4S.ClH/c1-3-21(4-2)26(23,24)16-7-5-15(6-8-16)13-20-17(22)18(14-19)9-11-25-12-10-18;/h5-8H,3-4,9-14,19H2,1-2H3,(H,20,22);1H. The van der Waals surface area contributed by atoms with Gasteiger partial charge >= 0.3 is 0 Å². The number of nitrogens with one attached hydrogen (secondary N) is 1. The number of sulfonamides is 1. The van der Waals surface area contributed by atoms with E-state index in [0.717, 1.165) is 5.56 Å². The first-order valence-electron chi connectivity index (χ1n) is 9.05. The van der Waals surface area contributed by atoms with Crippen molar-refractivity contribution < 1.29 is 17.9 Å². The highest BCUT2D eigenvalue weighted by Gasteiger charge is 2.38. The van der Waals surface area contributed by atoms with Crippen molar-refractivity contribution >= 4 is 28.3 Å². The van der Waals surface area contributed by atoms with Crippen LogP contribution in [0.1, 0.15) is 32.3 Å². The summed E-state index contributed by atoms with van der Waals surface area (Å²) in [7, 11) is -3.46. The highest BCUT2D eigenvalue weighted by Crippen LogP contribution is 2.29. The summed E-state index contributed by atoms with van der Waals surface area (Å²) in [4.78, 5) is 12.8. The Kier molecular flexibility index (Phi) is 9.17. The lowest BCUT2D eigenvalue weighted by molar-refractivity contribution is -0.136. The van der Waals surface area contributed by atoms with Crippen molar-refractivity contribution in [2.24, 2.45) is 11.1 Å². The van der Waals surface area contributed by atoms with Gasteiger partial charge in [-0.25, -0.2) is 8.42 Å². The maximum Gasteiger partial charge on any atom is 0.243 e. The number of halogens is 1. The molecule has 0 atom stereocenters. The molecule has 9 heteroatoms. The lowest BCUT2D eigenvalue weighted by Gasteiger charge is -2.34. The van der Waals surface area contributed by atoms with E-state index in [0.29, 0.717) is 52.2 Å². The van der Waals surface area contributed by atoms with Gasteiger partial charge in [0.25, 0.3) is 0 Å². The Morgan fingerprint density at radius 3 is 2.22 bits per heavy atom. The van der Waals surface area contributed by atoms with Crippen LogP contribution in [-0.4, -0.2) is 51.5 Å². The third-order valence-electron chi connectivity index (χ3n) is 5.04. The Morgan fingerprint density at radius 1 is 1.19 bits per heavy atom. The number of nitrogens with zero attached hydrogens (tertiary/aromatic N) is 1. The van der Waals surface area contributed by atoms with Crippen LogP contribution in [0.25, 0.3) is 0 Å². The summed E-state index contributed by atoms with van der Waals surface area (Å²) in [5.74, 6) is -0.0665.